The standard InChI is InChI=1S/C22H23N3O4S/c1-2-29-22-19(11-7-13-23-22)16-24-21(26)18-10-6-12-20(14-18)30(27,28)25-15-17-8-4-3-5-9-17/h3-14,25H,2,15-16H2,1H3,(H,24,26). The van der Waals surface area contributed by atoms with E-state index >= 15 is 0 Å². The summed E-state index contributed by atoms with van der Waals surface area (Å²) in [7, 11) is -3.76. The topological polar surface area (TPSA) is 97.4 Å². The molecule has 0 aliphatic carbocycles. The van der Waals surface area contributed by atoms with Crippen molar-refractivity contribution in [2.45, 2.75) is 24.9 Å². The molecule has 3 rings (SSSR count). The molecule has 0 spiro atoms. The normalized spacial score (nSPS) is 11.1. The van der Waals surface area contributed by atoms with Crippen molar-refractivity contribution < 1.29 is 17.9 Å². The summed E-state index contributed by atoms with van der Waals surface area (Å²) >= 11 is 0. The van der Waals surface area contributed by atoms with Crippen molar-refractivity contribution in [3.8, 4) is 5.88 Å². The van der Waals surface area contributed by atoms with Gasteiger partial charge < -0.3 is 10.1 Å². The van der Waals surface area contributed by atoms with Crippen molar-refractivity contribution in [2.75, 3.05) is 6.61 Å². The molecule has 0 saturated heterocycles. The summed E-state index contributed by atoms with van der Waals surface area (Å²) in [6.45, 7) is 2.70. The number of pyridine rings is 1. The number of sulfonamides is 1. The predicted octanol–water partition coefficient (Wildman–Crippen LogP) is 2.89. The highest BCUT2D eigenvalue weighted by molar-refractivity contribution is 7.89. The van der Waals surface area contributed by atoms with E-state index in [2.05, 4.69) is 15.0 Å². The fraction of sp³-hybridized carbons (Fsp3) is 0.182. The second-order valence-electron chi connectivity index (χ2n) is 6.42. The number of benzene rings is 2. The van der Waals surface area contributed by atoms with Crippen LogP contribution in [0.3, 0.4) is 0 Å². The predicted molar refractivity (Wildman–Crippen MR) is 113 cm³/mol. The fourth-order valence-corrected chi connectivity index (χ4v) is 3.83. The summed E-state index contributed by atoms with van der Waals surface area (Å²) in [5.74, 6) is 0.0724. The molecule has 0 aliphatic heterocycles. The van der Waals surface area contributed by atoms with Crippen LogP contribution >= 0.6 is 0 Å². The van der Waals surface area contributed by atoms with Crippen LogP contribution in [-0.4, -0.2) is 25.9 Å². The van der Waals surface area contributed by atoms with Gasteiger partial charge in [-0.15, -0.1) is 0 Å². The van der Waals surface area contributed by atoms with Crippen molar-refractivity contribution >= 4 is 15.9 Å². The van der Waals surface area contributed by atoms with E-state index in [1.807, 2.05) is 43.3 Å². The molecule has 2 aromatic carbocycles. The first-order valence-electron chi connectivity index (χ1n) is 9.48. The van der Waals surface area contributed by atoms with E-state index in [4.69, 9.17) is 4.74 Å². The Morgan fingerprint density at radius 2 is 1.80 bits per heavy atom. The van der Waals surface area contributed by atoms with Crippen LogP contribution in [0.4, 0.5) is 0 Å². The average Bonchev–Trinajstić information content (AvgIpc) is 2.78. The Balaban J connectivity index is 1.67. The minimum absolute atomic E-state index is 0.0301. The van der Waals surface area contributed by atoms with Gasteiger partial charge in [-0.3, -0.25) is 4.79 Å². The SMILES string of the molecule is CCOc1ncccc1CNC(=O)c1cccc(S(=O)(=O)NCc2ccccc2)c1. The van der Waals surface area contributed by atoms with Crippen LogP contribution in [0.5, 0.6) is 5.88 Å². The zero-order chi connectivity index (χ0) is 21.4. The molecule has 0 aliphatic rings. The van der Waals surface area contributed by atoms with Crippen molar-refractivity contribution in [3.05, 3.63) is 89.6 Å². The molecule has 0 fully saturated rings. The number of nitrogens with zero attached hydrogens (tertiary/aromatic N) is 1. The lowest BCUT2D eigenvalue weighted by atomic mass is 10.2. The van der Waals surface area contributed by atoms with Crippen molar-refractivity contribution in [2.24, 2.45) is 0 Å². The van der Waals surface area contributed by atoms with E-state index in [9.17, 15) is 13.2 Å². The highest BCUT2D eigenvalue weighted by Crippen LogP contribution is 2.15. The highest BCUT2D eigenvalue weighted by Gasteiger charge is 2.16. The lowest BCUT2D eigenvalue weighted by molar-refractivity contribution is 0.0950. The van der Waals surface area contributed by atoms with Crippen molar-refractivity contribution in [3.63, 3.8) is 0 Å². The fourth-order valence-electron chi connectivity index (χ4n) is 2.76. The van der Waals surface area contributed by atoms with E-state index in [1.165, 1.54) is 12.1 Å². The number of nitrogens with one attached hydrogen (secondary N) is 2. The van der Waals surface area contributed by atoms with Gasteiger partial charge in [-0.05, 0) is 36.8 Å². The summed E-state index contributed by atoms with van der Waals surface area (Å²) in [6.07, 6.45) is 1.62. The zero-order valence-electron chi connectivity index (χ0n) is 16.5. The number of hydrogen-bond donors (Lipinski definition) is 2. The zero-order valence-corrected chi connectivity index (χ0v) is 17.4. The summed E-state index contributed by atoms with van der Waals surface area (Å²) in [5, 5.41) is 2.78. The maximum atomic E-state index is 12.6. The van der Waals surface area contributed by atoms with Gasteiger partial charge in [-0.25, -0.2) is 18.1 Å². The Morgan fingerprint density at radius 1 is 1.00 bits per heavy atom. The second kappa shape index (κ2) is 10.00. The summed E-state index contributed by atoms with van der Waals surface area (Å²) in [5.41, 5.74) is 1.83. The average molecular weight is 426 g/mol. The molecule has 0 unspecified atom stereocenters. The highest BCUT2D eigenvalue weighted by atomic mass is 32.2. The van der Waals surface area contributed by atoms with Gasteiger partial charge in [0, 0.05) is 30.4 Å². The molecule has 0 radical (unpaired) electrons. The minimum atomic E-state index is -3.76. The molecule has 8 heteroatoms. The molecule has 1 heterocycles. The van der Waals surface area contributed by atoms with Gasteiger partial charge in [0.25, 0.3) is 5.91 Å². The first-order chi connectivity index (χ1) is 14.5. The summed E-state index contributed by atoms with van der Waals surface area (Å²) in [4.78, 5) is 16.7. The molecular weight excluding hydrogens is 402 g/mol. The third-order valence-corrected chi connectivity index (χ3v) is 5.68. The third kappa shape index (κ3) is 5.65. The Labute approximate surface area is 176 Å². The number of aromatic nitrogens is 1. The van der Waals surface area contributed by atoms with Gasteiger partial charge in [-0.2, -0.15) is 0 Å². The maximum Gasteiger partial charge on any atom is 0.251 e. The van der Waals surface area contributed by atoms with Crippen molar-refractivity contribution in [1.82, 2.24) is 15.0 Å². The Morgan fingerprint density at radius 3 is 2.57 bits per heavy atom. The monoisotopic (exact) mass is 425 g/mol. The molecule has 1 amide bonds. The van der Waals surface area contributed by atoms with Gasteiger partial charge >= 0.3 is 0 Å². The largest absolute Gasteiger partial charge is 0.478 e. The lowest BCUT2D eigenvalue weighted by Crippen LogP contribution is -2.25. The Kier molecular flexibility index (Phi) is 7.16. The second-order valence-corrected chi connectivity index (χ2v) is 8.19. The molecule has 0 atom stereocenters. The number of hydrogen-bond acceptors (Lipinski definition) is 5. The van der Waals surface area contributed by atoms with Gasteiger partial charge in [0.05, 0.1) is 11.5 Å². The molecule has 156 valence electrons. The van der Waals surface area contributed by atoms with E-state index in [0.717, 1.165) is 11.1 Å². The van der Waals surface area contributed by atoms with Crippen LogP contribution in [0, 0.1) is 0 Å². The molecule has 7 nitrogen and oxygen atoms in total. The first kappa shape index (κ1) is 21.5. The van der Waals surface area contributed by atoms with Gasteiger partial charge in [0.2, 0.25) is 15.9 Å². The van der Waals surface area contributed by atoms with Gasteiger partial charge in [-0.1, -0.05) is 42.5 Å². The molecule has 0 bridgehead atoms. The summed E-state index contributed by atoms with van der Waals surface area (Å²) < 4.78 is 33.2. The minimum Gasteiger partial charge on any atom is -0.478 e. The van der Waals surface area contributed by atoms with Crippen LogP contribution in [0.2, 0.25) is 0 Å². The van der Waals surface area contributed by atoms with Crippen LogP contribution in [-0.2, 0) is 23.1 Å². The third-order valence-electron chi connectivity index (χ3n) is 4.29. The number of carbonyl (C=O) groups is 1. The van der Waals surface area contributed by atoms with Crippen LogP contribution in [0.15, 0.2) is 77.8 Å². The number of carbonyl (C=O) groups excluding carboxylic acids is 1. The summed E-state index contributed by atoms with van der Waals surface area (Å²) in [6, 6.07) is 18.7. The Bertz CT molecular complexity index is 1100. The number of ether oxygens (including phenoxy) is 1. The molecule has 30 heavy (non-hydrogen) atoms. The number of amides is 1. The lowest BCUT2D eigenvalue weighted by Gasteiger charge is -2.11. The van der Waals surface area contributed by atoms with Crippen LogP contribution < -0.4 is 14.8 Å². The van der Waals surface area contributed by atoms with E-state index in [-0.39, 0.29) is 29.5 Å². The first-order valence-corrected chi connectivity index (χ1v) is 11.0. The molecule has 0 saturated carbocycles. The molecule has 3 aromatic rings. The maximum absolute atomic E-state index is 12.6. The van der Waals surface area contributed by atoms with Gasteiger partial charge in [0.1, 0.15) is 0 Å². The van der Waals surface area contributed by atoms with E-state index in [1.54, 1.807) is 24.4 Å². The van der Waals surface area contributed by atoms with E-state index < -0.39 is 10.0 Å². The van der Waals surface area contributed by atoms with Crippen LogP contribution in [0.1, 0.15) is 28.4 Å². The van der Waals surface area contributed by atoms with Gasteiger partial charge in [0.15, 0.2) is 0 Å². The molecule has 1 aromatic heterocycles. The quantitative estimate of drug-likeness (QED) is 0.549. The molecule has 2 N–H and O–H groups in total. The Hall–Kier alpha value is -3.23. The molecular formula is C22H23N3O4S. The van der Waals surface area contributed by atoms with E-state index in [0.29, 0.717) is 12.5 Å². The van der Waals surface area contributed by atoms with Crippen LogP contribution in [0.25, 0.3) is 0 Å². The number of rotatable bonds is 9. The smallest absolute Gasteiger partial charge is 0.251 e. The van der Waals surface area contributed by atoms with Crippen molar-refractivity contribution in [1.29, 1.82) is 0 Å².